The van der Waals surface area contributed by atoms with Crippen molar-refractivity contribution < 1.29 is 9.53 Å². The largest absolute Gasteiger partial charge is 0.414 e. The van der Waals surface area contributed by atoms with E-state index in [2.05, 4.69) is 58.1 Å². The molecule has 0 aliphatic carbocycles. The minimum absolute atomic E-state index is 0.163. The van der Waals surface area contributed by atoms with Gasteiger partial charge >= 0.3 is 0 Å². The lowest BCUT2D eigenvalue weighted by Gasteiger charge is -2.36. The highest BCUT2D eigenvalue weighted by molar-refractivity contribution is 6.74. The molecular formula is C18H26O2Si. The number of benzene rings is 2. The Morgan fingerprint density at radius 3 is 2.29 bits per heavy atom. The average Bonchev–Trinajstić information content (AvgIpc) is 2.43. The van der Waals surface area contributed by atoms with Crippen molar-refractivity contribution >= 4 is 19.1 Å². The first kappa shape index (κ1) is 16.2. The smallest absolute Gasteiger partial charge is 0.192 e. The molecule has 0 aromatic heterocycles. The van der Waals surface area contributed by atoms with Crippen molar-refractivity contribution in [1.29, 1.82) is 0 Å². The lowest BCUT2D eigenvalue weighted by Crippen LogP contribution is -2.41. The SMILES string of the molecule is CC(C)(C)[Si](C)(C)OC[C@@H](O)c1ccc2ccccc2c1. The van der Waals surface area contributed by atoms with Crippen molar-refractivity contribution in [1.82, 2.24) is 0 Å². The highest BCUT2D eigenvalue weighted by atomic mass is 28.4. The number of aliphatic hydroxyl groups is 1. The van der Waals surface area contributed by atoms with Gasteiger partial charge < -0.3 is 9.53 Å². The van der Waals surface area contributed by atoms with Gasteiger partial charge in [0.1, 0.15) is 6.10 Å². The normalized spacial score (nSPS) is 14.4. The van der Waals surface area contributed by atoms with Crippen LogP contribution < -0.4 is 0 Å². The van der Waals surface area contributed by atoms with E-state index in [9.17, 15) is 5.11 Å². The summed E-state index contributed by atoms with van der Waals surface area (Å²) in [6, 6.07) is 14.3. The highest BCUT2D eigenvalue weighted by Gasteiger charge is 2.37. The van der Waals surface area contributed by atoms with Gasteiger partial charge in [0.15, 0.2) is 8.32 Å². The van der Waals surface area contributed by atoms with Crippen LogP contribution in [0.15, 0.2) is 42.5 Å². The molecule has 1 N–H and O–H groups in total. The van der Waals surface area contributed by atoms with Gasteiger partial charge in [0.05, 0.1) is 6.61 Å². The summed E-state index contributed by atoms with van der Waals surface area (Å²) in [4.78, 5) is 0. The number of aliphatic hydroxyl groups excluding tert-OH is 1. The van der Waals surface area contributed by atoms with Crippen LogP contribution in [-0.4, -0.2) is 20.0 Å². The van der Waals surface area contributed by atoms with Crippen LogP contribution in [0.25, 0.3) is 10.8 Å². The molecule has 0 saturated heterocycles. The molecule has 0 radical (unpaired) electrons. The quantitative estimate of drug-likeness (QED) is 0.814. The Bertz CT molecular complexity index is 614. The van der Waals surface area contributed by atoms with Crippen LogP contribution in [0.1, 0.15) is 32.4 Å². The molecule has 0 spiro atoms. The van der Waals surface area contributed by atoms with Crippen LogP contribution in [-0.2, 0) is 4.43 Å². The Hall–Kier alpha value is -1.16. The molecule has 2 rings (SSSR count). The number of rotatable bonds is 4. The van der Waals surface area contributed by atoms with Crippen molar-refractivity contribution in [3.8, 4) is 0 Å². The van der Waals surface area contributed by atoms with Crippen LogP contribution in [0.5, 0.6) is 0 Å². The predicted molar refractivity (Wildman–Crippen MR) is 92.1 cm³/mol. The van der Waals surface area contributed by atoms with Crippen molar-refractivity contribution in [2.45, 2.75) is 45.0 Å². The Balaban J connectivity index is 2.10. The van der Waals surface area contributed by atoms with E-state index >= 15 is 0 Å². The van der Waals surface area contributed by atoms with Crippen LogP contribution in [0.2, 0.25) is 18.1 Å². The Labute approximate surface area is 128 Å². The fraction of sp³-hybridized carbons (Fsp3) is 0.444. The first-order chi connectivity index (χ1) is 9.71. The second-order valence-electron chi connectivity index (χ2n) is 7.19. The number of hydrogen-bond acceptors (Lipinski definition) is 2. The third kappa shape index (κ3) is 3.73. The third-order valence-corrected chi connectivity index (χ3v) is 9.07. The maximum atomic E-state index is 10.4. The van der Waals surface area contributed by atoms with Gasteiger partial charge in [-0.1, -0.05) is 57.2 Å². The van der Waals surface area contributed by atoms with E-state index in [1.54, 1.807) is 0 Å². The standard InChI is InChI=1S/C18H26O2Si/c1-18(2,3)21(4,5)20-13-17(19)16-11-10-14-8-6-7-9-15(14)12-16/h6-12,17,19H,13H2,1-5H3/t17-/m1/s1. The number of fused-ring (bicyclic) bond motifs is 1. The van der Waals surface area contributed by atoms with Gasteiger partial charge in [-0.25, -0.2) is 0 Å². The summed E-state index contributed by atoms with van der Waals surface area (Å²) < 4.78 is 6.11. The molecule has 3 heteroatoms. The summed E-state index contributed by atoms with van der Waals surface area (Å²) in [5.74, 6) is 0. The second-order valence-corrected chi connectivity index (χ2v) is 12.0. The van der Waals surface area contributed by atoms with E-state index in [-0.39, 0.29) is 5.04 Å². The average molecular weight is 302 g/mol. The molecule has 0 amide bonds. The molecule has 2 aromatic carbocycles. The van der Waals surface area contributed by atoms with Crippen LogP contribution in [0.4, 0.5) is 0 Å². The monoisotopic (exact) mass is 302 g/mol. The Morgan fingerprint density at radius 2 is 1.67 bits per heavy atom. The zero-order valence-electron chi connectivity index (χ0n) is 13.7. The van der Waals surface area contributed by atoms with Crippen molar-refractivity contribution in [3.63, 3.8) is 0 Å². The zero-order chi connectivity index (χ0) is 15.7. The fourth-order valence-electron chi connectivity index (χ4n) is 2.02. The number of hydrogen-bond donors (Lipinski definition) is 1. The summed E-state index contributed by atoms with van der Waals surface area (Å²) in [6.45, 7) is 11.4. The summed E-state index contributed by atoms with van der Waals surface area (Å²) in [7, 11) is -1.81. The molecule has 0 heterocycles. The second kappa shape index (κ2) is 5.91. The molecule has 0 aliphatic heterocycles. The Kier molecular flexibility index (Phi) is 4.56. The molecule has 0 fully saturated rings. The molecule has 1 atom stereocenters. The first-order valence-corrected chi connectivity index (χ1v) is 10.4. The van der Waals surface area contributed by atoms with Crippen molar-refractivity contribution in [2.75, 3.05) is 6.61 Å². The van der Waals surface area contributed by atoms with E-state index in [0.29, 0.717) is 6.61 Å². The minimum atomic E-state index is -1.81. The van der Waals surface area contributed by atoms with Crippen LogP contribution >= 0.6 is 0 Å². The van der Waals surface area contributed by atoms with Crippen molar-refractivity contribution in [2.24, 2.45) is 0 Å². The van der Waals surface area contributed by atoms with E-state index in [1.807, 2.05) is 18.2 Å². The van der Waals surface area contributed by atoms with Crippen LogP contribution in [0.3, 0.4) is 0 Å². The maximum Gasteiger partial charge on any atom is 0.192 e. The van der Waals surface area contributed by atoms with Gasteiger partial charge in [0.2, 0.25) is 0 Å². The topological polar surface area (TPSA) is 29.5 Å². The van der Waals surface area contributed by atoms with Crippen LogP contribution in [0, 0.1) is 0 Å². The molecule has 0 saturated carbocycles. The van der Waals surface area contributed by atoms with Crippen molar-refractivity contribution in [3.05, 3.63) is 48.0 Å². The molecular weight excluding hydrogens is 276 g/mol. The summed E-state index contributed by atoms with van der Waals surface area (Å²) >= 11 is 0. The van der Waals surface area contributed by atoms with Gasteiger partial charge in [-0.2, -0.15) is 0 Å². The first-order valence-electron chi connectivity index (χ1n) is 7.51. The van der Waals surface area contributed by atoms with Gasteiger partial charge in [0, 0.05) is 0 Å². The zero-order valence-corrected chi connectivity index (χ0v) is 14.7. The van der Waals surface area contributed by atoms with E-state index in [0.717, 1.165) is 10.9 Å². The lowest BCUT2D eigenvalue weighted by atomic mass is 10.0. The maximum absolute atomic E-state index is 10.4. The molecule has 114 valence electrons. The minimum Gasteiger partial charge on any atom is -0.414 e. The van der Waals surface area contributed by atoms with Gasteiger partial charge in [-0.15, -0.1) is 0 Å². The third-order valence-electron chi connectivity index (χ3n) is 4.57. The fourth-order valence-corrected chi connectivity index (χ4v) is 3.02. The van der Waals surface area contributed by atoms with E-state index in [4.69, 9.17) is 4.43 Å². The summed E-state index contributed by atoms with van der Waals surface area (Å²) in [6.07, 6.45) is -0.566. The summed E-state index contributed by atoms with van der Waals surface area (Å²) in [5.41, 5.74) is 0.924. The van der Waals surface area contributed by atoms with E-state index < -0.39 is 14.4 Å². The van der Waals surface area contributed by atoms with E-state index in [1.165, 1.54) is 5.39 Å². The molecule has 0 aliphatic rings. The lowest BCUT2D eigenvalue weighted by molar-refractivity contribution is 0.100. The molecule has 2 aromatic rings. The predicted octanol–water partition coefficient (Wildman–Crippen LogP) is 4.90. The molecule has 0 bridgehead atoms. The Morgan fingerprint density at radius 1 is 1.05 bits per heavy atom. The highest BCUT2D eigenvalue weighted by Crippen LogP contribution is 2.37. The van der Waals surface area contributed by atoms with Gasteiger partial charge in [-0.05, 0) is 40.5 Å². The van der Waals surface area contributed by atoms with Gasteiger partial charge in [-0.3, -0.25) is 0 Å². The molecule has 0 unspecified atom stereocenters. The molecule has 21 heavy (non-hydrogen) atoms. The van der Waals surface area contributed by atoms with Gasteiger partial charge in [0.25, 0.3) is 0 Å². The summed E-state index contributed by atoms with van der Waals surface area (Å²) in [5, 5.41) is 12.9. The molecule has 2 nitrogen and oxygen atoms in total.